The van der Waals surface area contributed by atoms with Crippen molar-refractivity contribution in [3.05, 3.63) is 12.2 Å². The molecule has 0 saturated carbocycles. The van der Waals surface area contributed by atoms with Gasteiger partial charge in [0.2, 0.25) is 0 Å². The number of hydrogen-bond donors (Lipinski definition) is 1. The van der Waals surface area contributed by atoms with Crippen molar-refractivity contribution in [2.75, 3.05) is 0 Å². The minimum absolute atomic E-state index is 0.00782. The Kier molecular flexibility index (Phi) is 4.85. The van der Waals surface area contributed by atoms with Crippen molar-refractivity contribution in [3.63, 3.8) is 0 Å². The second-order valence-corrected chi connectivity index (χ2v) is 2.38. The number of allylic oxidation sites excluding steroid dienone is 1. The molecule has 0 heterocycles. The number of carbonyl (C=O) groups excluding carboxylic acids is 1. The summed E-state index contributed by atoms with van der Waals surface area (Å²) < 4.78 is 0. The van der Waals surface area contributed by atoms with Gasteiger partial charge in [0.05, 0.1) is 6.04 Å². The Morgan fingerprint density at radius 3 is 2.70 bits per heavy atom. The molecule has 0 fully saturated rings. The Morgan fingerprint density at radius 2 is 2.30 bits per heavy atom. The Balaban J connectivity index is 3.56. The van der Waals surface area contributed by atoms with Crippen LogP contribution in [-0.2, 0) is 4.79 Å². The highest BCUT2D eigenvalue weighted by Crippen LogP contribution is 1.90. The van der Waals surface area contributed by atoms with Crippen molar-refractivity contribution >= 4 is 5.78 Å². The summed E-state index contributed by atoms with van der Waals surface area (Å²) >= 11 is 0. The number of hydrogen-bond acceptors (Lipinski definition) is 2. The summed E-state index contributed by atoms with van der Waals surface area (Å²) in [5, 5.41) is 0. The van der Waals surface area contributed by atoms with Crippen molar-refractivity contribution in [2.24, 2.45) is 5.73 Å². The minimum Gasteiger partial charge on any atom is -0.321 e. The summed E-state index contributed by atoms with van der Waals surface area (Å²) in [6, 6.07) is -0.354. The standard InChI is InChI=1S/C8H15NO/c1-3-4-5-6-8(10)7(2)9/h5-7H,3-4,9H2,1-2H3/b6-5+. The predicted octanol–water partition coefficient (Wildman–Crippen LogP) is 1.26. The van der Waals surface area contributed by atoms with Crippen LogP contribution in [0.2, 0.25) is 0 Å². The van der Waals surface area contributed by atoms with E-state index in [-0.39, 0.29) is 11.8 Å². The van der Waals surface area contributed by atoms with Crippen LogP contribution < -0.4 is 5.73 Å². The highest BCUT2D eigenvalue weighted by atomic mass is 16.1. The highest BCUT2D eigenvalue weighted by Gasteiger charge is 2.00. The second-order valence-electron chi connectivity index (χ2n) is 2.38. The molecule has 2 N–H and O–H groups in total. The molecule has 1 atom stereocenters. The first-order chi connectivity index (χ1) is 4.68. The van der Waals surface area contributed by atoms with Crippen LogP contribution in [0.25, 0.3) is 0 Å². The number of rotatable bonds is 4. The van der Waals surface area contributed by atoms with Gasteiger partial charge in [-0.25, -0.2) is 0 Å². The first-order valence-electron chi connectivity index (χ1n) is 3.64. The lowest BCUT2D eigenvalue weighted by atomic mass is 10.2. The molecule has 0 aromatic heterocycles. The van der Waals surface area contributed by atoms with Crippen LogP contribution >= 0.6 is 0 Å². The van der Waals surface area contributed by atoms with Gasteiger partial charge in [0, 0.05) is 0 Å². The molecule has 0 amide bonds. The number of ketones is 1. The molecule has 0 aliphatic heterocycles. The quantitative estimate of drug-likeness (QED) is 0.599. The molecule has 0 aliphatic carbocycles. The Bertz CT molecular complexity index is 127. The van der Waals surface area contributed by atoms with Crippen molar-refractivity contribution in [1.82, 2.24) is 0 Å². The smallest absolute Gasteiger partial charge is 0.171 e. The molecule has 1 unspecified atom stereocenters. The number of carbonyl (C=O) groups is 1. The van der Waals surface area contributed by atoms with Gasteiger partial charge < -0.3 is 5.73 Å². The largest absolute Gasteiger partial charge is 0.321 e. The third kappa shape index (κ3) is 4.27. The lowest BCUT2D eigenvalue weighted by molar-refractivity contribution is -0.115. The summed E-state index contributed by atoms with van der Waals surface area (Å²) in [5.74, 6) is 0.00782. The van der Waals surface area contributed by atoms with Crippen molar-refractivity contribution in [2.45, 2.75) is 32.7 Å². The summed E-state index contributed by atoms with van der Waals surface area (Å²) in [6.45, 7) is 3.76. The molecule has 0 aromatic rings. The van der Waals surface area contributed by atoms with Crippen molar-refractivity contribution in [3.8, 4) is 0 Å². The Hall–Kier alpha value is -0.630. The molecule has 0 spiro atoms. The summed E-state index contributed by atoms with van der Waals surface area (Å²) in [7, 11) is 0. The van der Waals surface area contributed by atoms with E-state index in [2.05, 4.69) is 6.92 Å². The molecule has 2 nitrogen and oxygen atoms in total. The fourth-order valence-electron chi connectivity index (χ4n) is 0.518. The van der Waals surface area contributed by atoms with Gasteiger partial charge in [0.15, 0.2) is 5.78 Å². The van der Waals surface area contributed by atoms with E-state index >= 15 is 0 Å². The zero-order valence-electron chi connectivity index (χ0n) is 6.63. The van der Waals surface area contributed by atoms with Gasteiger partial charge in [0.1, 0.15) is 0 Å². The monoisotopic (exact) mass is 141 g/mol. The van der Waals surface area contributed by atoms with Crippen LogP contribution in [0.4, 0.5) is 0 Å². The minimum atomic E-state index is -0.354. The summed E-state index contributed by atoms with van der Waals surface area (Å²) in [5.41, 5.74) is 5.32. The molecule has 0 rings (SSSR count). The van der Waals surface area contributed by atoms with E-state index in [9.17, 15) is 4.79 Å². The van der Waals surface area contributed by atoms with Crippen LogP contribution in [0.1, 0.15) is 26.7 Å². The maximum atomic E-state index is 10.8. The predicted molar refractivity (Wildman–Crippen MR) is 42.7 cm³/mol. The molecule has 0 bridgehead atoms. The normalized spacial score (nSPS) is 13.9. The SMILES string of the molecule is CCC/C=C/C(=O)C(C)N. The molecular weight excluding hydrogens is 126 g/mol. The average molecular weight is 141 g/mol. The van der Waals surface area contributed by atoms with E-state index in [4.69, 9.17) is 5.73 Å². The molecule has 0 aromatic carbocycles. The highest BCUT2D eigenvalue weighted by molar-refractivity contribution is 5.93. The second kappa shape index (κ2) is 5.18. The lowest BCUT2D eigenvalue weighted by Gasteiger charge is -1.95. The van der Waals surface area contributed by atoms with Gasteiger partial charge in [-0.2, -0.15) is 0 Å². The van der Waals surface area contributed by atoms with Crippen LogP contribution in [-0.4, -0.2) is 11.8 Å². The summed E-state index contributed by atoms with van der Waals surface area (Å²) in [4.78, 5) is 10.8. The third-order valence-corrected chi connectivity index (χ3v) is 1.19. The van der Waals surface area contributed by atoms with Crippen LogP contribution in [0.5, 0.6) is 0 Å². The molecule has 0 saturated heterocycles. The zero-order valence-corrected chi connectivity index (χ0v) is 6.63. The molecule has 58 valence electrons. The maximum absolute atomic E-state index is 10.8. The Labute approximate surface area is 62.1 Å². The fourth-order valence-corrected chi connectivity index (χ4v) is 0.518. The van der Waals surface area contributed by atoms with E-state index in [1.54, 1.807) is 13.0 Å². The average Bonchev–Trinajstić information content (AvgIpc) is 1.88. The van der Waals surface area contributed by atoms with Crippen molar-refractivity contribution < 1.29 is 4.79 Å². The summed E-state index contributed by atoms with van der Waals surface area (Å²) in [6.07, 6.45) is 5.46. The van der Waals surface area contributed by atoms with E-state index in [1.807, 2.05) is 6.08 Å². The maximum Gasteiger partial charge on any atom is 0.171 e. The van der Waals surface area contributed by atoms with Gasteiger partial charge >= 0.3 is 0 Å². The topological polar surface area (TPSA) is 43.1 Å². The number of unbranched alkanes of at least 4 members (excludes halogenated alkanes) is 1. The van der Waals surface area contributed by atoms with Crippen LogP contribution in [0.15, 0.2) is 12.2 Å². The van der Waals surface area contributed by atoms with E-state index in [0.717, 1.165) is 12.8 Å². The molecular formula is C8H15NO. The van der Waals surface area contributed by atoms with Gasteiger partial charge in [-0.3, -0.25) is 4.79 Å². The van der Waals surface area contributed by atoms with Gasteiger partial charge in [-0.1, -0.05) is 19.4 Å². The van der Waals surface area contributed by atoms with Crippen molar-refractivity contribution in [1.29, 1.82) is 0 Å². The van der Waals surface area contributed by atoms with Gasteiger partial charge in [-0.05, 0) is 19.4 Å². The van der Waals surface area contributed by atoms with E-state index in [0.29, 0.717) is 0 Å². The molecule has 0 aliphatic rings. The lowest BCUT2D eigenvalue weighted by Crippen LogP contribution is -2.24. The van der Waals surface area contributed by atoms with Gasteiger partial charge in [0.25, 0.3) is 0 Å². The first-order valence-corrected chi connectivity index (χ1v) is 3.64. The van der Waals surface area contributed by atoms with Crippen LogP contribution in [0, 0.1) is 0 Å². The molecule has 10 heavy (non-hydrogen) atoms. The molecule has 2 heteroatoms. The molecule has 0 radical (unpaired) electrons. The number of nitrogens with two attached hydrogens (primary N) is 1. The van der Waals surface area contributed by atoms with E-state index < -0.39 is 0 Å². The van der Waals surface area contributed by atoms with E-state index in [1.165, 1.54) is 0 Å². The zero-order chi connectivity index (χ0) is 7.98. The first kappa shape index (κ1) is 9.37. The third-order valence-electron chi connectivity index (χ3n) is 1.19. The van der Waals surface area contributed by atoms with Gasteiger partial charge in [-0.15, -0.1) is 0 Å². The Morgan fingerprint density at radius 1 is 1.70 bits per heavy atom. The van der Waals surface area contributed by atoms with Crippen LogP contribution in [0.3, 0.4) is 0 Å². The fraction of sp³-hybridized carbons (Fsp3) is 0.625.